The summed E-state index contributed by atoms with van der Waals surface area (Å²) in [6, 6.07) is 12.3. The monoisotopic (exact) mass is 583 g/mol. The first-order chi connectivity index (χ1) is 17.5. The van der Waals surface area contributed by atoms with Gasteiger partial charge in [0, 0.05) is 15.6 Å². The van der Waals surface area contributed by atoms with Crippen molar-refractivity contribution in [1.29, 1.82) is 0 Å². The van der Waals surface area contributed by atoms with E-state index in [-0.39, 0.29) is 10.9 Å². The number of hydrazone groups is 1. The van der Waals surface area contributed by atoms with Gasteiger partial charge in [0.2, 0.25) is 0 Å². The molecule has 0 saturated carbocycles. The van der Waals surface area contributed by atoms with Crippen molar-refractivity contribution in [3.05, 3.63) is 74.4 Å². The summed E-state index contributed by atoms with van der Waals surface area (Å²) in [7, 11) is 0. The van der Waals surface area contributed by atoms with Gasteiger partial charge in [-0.15, -0.1) is 0 Å². The third kappa shape index (κ3) is 8.40. The highest BCUT2D eigenvalue weighted by molar-refractivity contribution is 6.36. The minimum atomic E-state index is -0.913. The molecule has 0 bridgehead atoms. The van der Waals surface area contributed by atoms with Crippen molar-refractivity contribution in [2.24, 2.45) is 11.0 Å². The van der Waals surface area contributed by atoms with Crippen LogP contribution in [0, 0.1) is 5.92 Å². The van der Waals surface area contributed by atoms with Crippen molar-refractivity contribution >= 4 is 64.4 Å². The summed E-state index contributed by atoms with van der Waals surface area (Å²) in [4.78, 5) is 25.6. The molecule has 2 atom stereocenters. The molecule has 0 saturated heterocycles. The molecule has 0 radical (unpaired) electrons. The van der Waals surface area contributed by atoms with Gasteiger partial charge in [-0.05, 0) is 67.8 Å². The third-order valence-corrected chi connectivity index (χ3v) is 6.19. The predicted molar refractivity (Wildman–Crippen MR) is 148 cm³/mol. The second-order valence-corrected chi connectivity index (χ2v) is 10.3. The molecule has 2 N–H and O–H groups in total. The number of benzene rings is 2. The summed E-state index contributed by atoms with van der Waals surface area (Å²) in [6.07, 6.45) is 0.826. The number of hydrogen-bond acceptors (Lipinski definition) is 5. The Kier molecular flexibility index (Phi) is 10.3. The Bertz CT molecular complexity index is 1290. The van der Waals surface area contributed by atoms with Crippen molar-refractivity contribution in [1.82, 2.24) is 10.7 Å². The average Bonchev–Trinajstić information content (AvgIpc) is 3.30. The zero-order valence-corrected chi connectivity index (χ0v) is 23.3. The molecule has 0 unspecified atom stereocenters. The predicted octanol–water partition coefficient (Wildman–Crippen LogP) is 7.01. The summed E-state index contributed by atoms with van der Waals surface area (Å²) in [5.41, 5.74) is 3.08. The average molecular weight is 585 g/mol. The van der Waals surface area contributed by atoms with E-state index in [0.717, 1.165) is 0 Å². The van der Waals surface area contributed by atoms with Gasteiger partial charge in [-0.2, -0.15) is 5.10 Å². The molecule has 196 valence electrons. The number of nitrogens with zero attached hydrogens (tertiary/aromatic N) is 1. The SMILES string of the molecule is CC(C)C[C@@H](NC(=O)[C@H](C)Oc1ccc(Cl)cc1Cl)C(=O)N/N=C\c1ccc(-c2cc(Cl)ccc2Cl)o1. The Morgan fingerprint density at radius 2 is 1.65 bits per heavy atom. The zero-order chi connectivity index (χ0) is 27.1. The van der Waals surface area contributed by atoms with Gasteiger partial charge in [-0.25, -0.2) is 5.43 Å². The van der Waals surface area contributed by atoms with Crippen LogP contribution in [0.3, 0.4) is 0 Å². The fourth-order valence-electron chi connectivity index (χ4n) is 3.30. The lowest BCUT2D eigenvalue weighted by Crippen LogP contribution is -2.49. The number of carbonyl (C=O) groups excluding carboxylic acids is 2. The Morgan fingerprint density at radius 1 is 0.946 bits per heavy atom. The molecule has 7 nitrogen and oxygen atoms in total. The van der Waals surface area contributed by atoms with Crippen molar-refractivity contribution in [3.63, 3.8) is 0 Å². The summed E-state index contributed by atoms with van der Waals surface area (Å²) < 4.78 is 11.4. The fourth-order valence-corrected chi connectivity index (χ4v) is 4.13. The summed E-state index contributed by atoms with van der Waals surface area (Å²) in [5.74, 6) is 0.347. The van der Waals surface area contributed by atoms with Crippen molar-refractivity contribution in [3.8, 4) is 17.1 Å². The van der Waals surface area contributed by atoms with E-state index in [9.17, 15) is 9.59 Å². The van der Waals surface area contributed by atoms with Gasteiger partial charge in [0.1, 0.15) is 23.3 Å². The maximum absolute atomic E-state index is 12.8. The van der Waals surface area contributed by atoms with E-state index in [1.54, 1.807) is 49.4 Å². The lowest BCUT2D eigenvalue weighted by molar-refractivity contribution is -0.132. The largest absolute Gasteiger partial charge is 0.479 e. The van der Waals surface area contributed by atoms with E-state index < -0.39 is 24.0 Å². The van der Waals surface area contributed by atoms with Gasteiger partial charge < -0.3 is 14.5 Å². The van der Waals surface area contributed by atoms with Gasteiger partial charge in [-0.1, -0.05) is 60.3 Å². The zero-order valence-electron chi connectivity index (χ0n) is 20.2. The molecule has 2 amide bonds. The second kappa shape index (κ2) is 13.2. The molecule has 0 aliphatic heterocycles. The minimum absolute atomic E-state index is 0.122. The molecule has 0 aliphatic carbocycles. The summed E-state index contributed by atoms with van der Waals surface area (Å²) in [6.45, 7) is 5.44. The summed E-state index contributed by atoms with van der Waals surface area (Å²) >= 11 is 24.3. The lowest BCUT2D eigenvalue weighted by Gasteiger charge is -2.22. The van der Waals surface area contributed by atoms with E-state index in [0.29, 0.717) is 44.3 Å². The maximum atomic E-state index is 12.8. The highest BCUT2D eigenvalue weighted by Gasteiger charge is 2.25. The Morgan fingerprint density at radius 3 is 2.35 bits per heavy atom. The molecule has 11 heteroatoms. The quantitative estimate of drug-likeness (QED) is 0.198. The molecule has 3 rings (SSSR count). The number of nitrogens with one attached hydrogen (secondary N) is 2. The van der Waals surface area contributed by atoms with E-state index >= 15 is 0 Å². The Hall–Kier alpha value is -2.71. The van der Waals surface area contributed by atoms with E-state index in [4.69, 9.17) is 55.6 Å². The number of hydrogen-bond donors (Lipinski definition) is 2. The van der Waals surface area contributed by atoms with Crippen LogP contribution in [0.5, 0.6) is 5.75 Å². The van der Waals surface area contributed by atoms with Gasteiger partial charge in [0.25, 0.3) is 11.8 Å². The maximum Gasteiger partial charge on any atom is 0.262 e. The molecule has 0 spiro atoms. The second-order valence-electron chi connectivity index (χ2n) is 8.59. The number of ether oxygens (including phenoxy) is 1. The van der Waals surface area contributed by atoms with Crippen molar-refractivity contribution < 1.29 is 18.7 Å². The van der Waals surface area contributed by atoms with Gasteiger partial charge >= 0.3 is 0 Å². The first-order valence-electron chi connectivity index (χ1n) is 11.3. The third-order valence-electron chi connectivity index (χ3n) is 5.09. The molecule has 1 aromatic heterocycles. The lowest BCUT2D eigenvalue weighted by atomic mass is 10.0. The van der Waals surface area contributed by atoms with E-state index in [1.165, 1.54) is 12.3 Å². The number of halogens is 4. The smallest absolute Gasteiger partial charge is 0.262 e. The molecule has 2 aromatic carbocycles. The molecule has 3 aromatic rings. The Labute approximate surface area is 235 Å². The number of amides is 2. The van der Waals surface area contributed by atoms with Gasteiger partial charge in [-0.3, -0.25) is 9.59 Å². The standard InChI is InChI=1S/C26H25Cl4N3O4/c1-14(2)10-22(32-25(34)15(3)36-24-8-5-17(28)12-21(24)30)26(35)33-31-13-18-6-9-23(37-18)19-11-16(27)4-7-20(19)29/h4-9,11-15,22H,10H2,1-3H3,(H,32,34)(H,33,35)/b31-13-/t15-,22+/m0/s1. The molecule has 0 aliphatic rings. The highest BCUT2D eigenvalue weighted by Crippen LogP contribution is 2.31. The first-order valence-corrected chi connectivity index (χ1v) is 12.8. The van der Waals surface area contributed by atoms with Crippen molar-refractivity contribution in [2.45, 2.75) is 39.3 Å². The van der Waals surface area contributed by atoms with Crippen molar-refractivity contribution in [2.75, 3.05) is 0 Å². The van der Waals surface area contributed by atoms with Crippen LogP contribution in [0.15, 0.2) is 58.0 Å². The first kappa shape index (κ1) is 28.9. The molecule has 37 heavy (non-hydrogen) atoms. The van der Waals surface area contributed by atoms with E-state index in [1.807, 2.05) is 13.8 Å². The van der Waals surface area contributed by atoms with Crippen LogP contribution in [0.2, 0.25) is 20.1 Å². The van der Waals surface area contributed by atoms with Crippen LogP contribution < -0.4 is 15.5 Å². The number of furan rings is 1. The topological polar surface area (TPSA) is 92.9 Å². The Balaban J connectivity index is 1.62. The van der Waals surface area contributed by atoms with Crippen LogP contribution in [-0.2, 0) is 9.59 Å². The number of rotatable bonds is 10. The van der Waals surface area contributed by atoms with E-state index in [2.05, 4.69) is 15.8 Å². The van der Waals surface area contributed by atoms with Crippen LogP contribution >= 0.6 is 46.4 Å². The van der Waals surface area contributed by atoms with Crippen LogP contribution in [-0.4, -0.2) is 30.2 Å². The van der Waals surface area contributed by atoms with Crippen LogP contribution in [0.1, 0.15) is 33.0 Å². The normalized spacial score (nSPS) is 13.0. The fraction of sp³-hybridized carbons (Fsp3) is 0.269. The van der Waals surface area contributed by atoms with Crippen LogP contribution in [0.25, 0.3) is 11.3 Å². The molecular formula is C26H25Cl4N3O4. The minimum Gasteiger partial charge on any atom is -0.479 e. The molecule has 0 fully saturated rings. The molecular weight excluding hydrogens is 560 g/mol. The van der Waals surface area contributed by atoms with Gasteiger partial charge in [0.15, 0.2) is 6.10 Å². The van der Waals surface area contributed by atoms with Crippen LogP contribution in [0.4, 0.5) is 0 Å². The highest BCUT2D eigenvalue weighted by atomic mass is 35.5. The molecule has 1 heterocycles. The number of carbonyl (C=O) groups is 2. The summed E-state index contributed by atoms with van der Waals surface area (Å²) in [5, 5.41) is 8.41. The van der Waals surface area contributed by atoms with Gasteiger partial charge in [0.05, 0.1) is 16.3 Å².